The van der Waals surface area contributed by atoms with Gasteiger partial charge >= 0.3 is 0 Å². The van der Waals surface area contributed by atoms with E-state index in [1.54, 1.807) is 0 Å². The zero-order valence-corrected chi connectivity index (χ0v) is 17.2. The van der Waals surface area contributed by atoms with E-state index in [4.69, 9.17) is 4.74 Å². The topological polar surface area (TPSA) is 15.7 Å². The van der Waals surface area contributed by atoms with Crippen molar-refractivity contribution >= 4 is 0 Å². The summed E-state index contributed by atoms with van der Waals surface area (Å²) in [4.78, 5) is 5.35. The van der Waals surface area contributed by atoms with Crippen LogP contribution in [0.5, 0.6) is 0 Å². The summed E-state index contributed by atoms with van der Waals surface area (Å²) in [6.07, 6.45) is 8.94. The van der Waals surface area contributed by atoms with Crippen LogP contribution in [-0.2, 0) is 4.74 Å². The van der Waals surface area contributed by atoms with Gasteiger partial charge < -0.3 is 4.74 Å². The first kappa shape index (κ1) is 20.2. The minimum Gasteiger partial charge on any atom is -0.376 e. The van der Waals surface area contributed by atoms with Crippen molar-refractivity contribution < 1.29 is 4.74 Å². The molecule has 0 aromatic carbocycles. The Morgan fingerprint density at radius 1 is 0.917 bits per heavy atom. The molecule has 0 unspecified atom stereocenters. The lowest BCUT2D eigenvalue weighted by molar-refractivity contribution is -0.0222. The molecule has 0 atom stereocenters. The highest BCUT2D eigenvalue weighted by Crippen LogP contribution is 2.33. The number of nitrogens with zero attached hydrogens (tertiary/aromatic N) is 2. The van der Waals surface area contributed by atoms with Gasteiger partial charge in [0.1, 0.15) is 0 Å². The Balaban J connectivity index is 1.70. The summed E-state index contributed by atoms with van der Waals surface area (Å²) in [5.74, 6) is 0.924. The summed E-state index contributed by atoms with van der Waals surface area (Å²) >= 11 is 0. The summed E-state index contributed by atoms with van der Waals surface area (Å²) in [6.45, 7) is 18.8. The van der Waals surface area contributed by atoms with E-state index in [1.807, 2.05) is 0 Å². The summed E-state index contributed by atoms with van der Waals surface area (Å²) in [6, 6.07) is 0.693. The fraction of sp³-hybridized carbons (Fsp3) is 1.00. The Kier molecular flexibility index (Phi) is 7.58. The van der Waals surface area contributed by atoms with Crippen molar-refractivity contribution in [3.05, 3.63) is 0 Å². The van der Waals surface area contributed by atoms with Gasteiger partial charge in [-0.2, -0.15) is 0 Å². The fourth-order valence-electron chi connectivity index (χ4n) is 4.50. The molecule has 24 heavy (non-hydrogen) atoms. The van der Waals surface area contributed by atoms with Crippen LogP contribution in [-0.4, -0.2) is 59.8 Å². The van der Waals surface area contributed by atoms with Gasteiger partial charge in [0.15, 0.2) is 0 Å². The van der Waals surface area contributed by atoms with E-state index in [1.165, 1.54) is 64.7 Å². The fourth-order valence-corrected chi connectivity index (χ4v) is 4.50. The Bertz CT molecular complexity index is 351. The van der Waals surface area contributed by atoms with Crippen molar-refractivity contribution in [1.29, 1.82) is 0 Å². The summed E-state index contributed by atoms with van der Waals surface area (Å²) in [5.41, 5.74) is 0.356. The molecule has 3 heteroatoms. The minimum absolute atomic E-state index is 0.356. The SMILES string of the molecule is CC(C)OC1CCC(CCC(C)(C)N2CCN(C(C)C)CC2)CC1. The van der Waals surface area contributed by atoms with Gasteiger partial charge in [-0.3, -0.25) is 9.80 Å². The van der Waals surface area contributed by atoms with Crippen LogP contribution in [0.3, 0.4) is 0 Å². The Morgan fingerprint density at radius 2 is 1.50 bits per heavy atom. The third kappa shape index (κ3) is 6.00. The van der Waals surface area contributed by atoms with Gasteiger partial charge in [-0.1, -0.05) is 0 Å². The maximum absolute atomic E-state index is 6.00. The summed E-state index contributed by atoms with van der Waals surface area (Å²) in [5, 5.41) is 0. The Morgan fingerprint density at radius 3 is 2.00 bits per heavy atom. The number of hydrogen-bond acceptors (Lipinski definition) is 3. The molecule has 1 aliphatic heterocycles. The number of piperazine rings is 1. The predicted octanol–water partition coefficient (Wildman–Crippen LogP) is 4.56. The number of rotatable bonds is 7. The van der Waals surface area contributed by atoms with Gasteiger partial charge in [-0.25, -0.2) is 0 Å². The smallest absolute Gasteiger partial charge is 0.0578 e. The van der Waals surface area contributed by atoms with Crippen molar-refractivity contribution in [3.63, 3.8) is 0 Å². The standard InChI is InChI=1S/C21H42N2O/c1-17(2)22-13-15-23(16-14-22)21(5,6)12-11-19-7-9-20(10-8-19)24-18(3)4/h17-20H,7-16H2,1-6H3. The quantitative estimate of drug-likeness (QED) is 0.677. The highest BCUT2D eigenvalue weighted by molar-refractivity contribution is 4.87. The maximum Gasteiger partial charge on any atom is 0.0578 e. The Labute approximate surface area is 151 Å². The molecule has 1 heterocycles. The van der Waals surface area contributed by atoms with E-state index >= 15 is 0 Å². The lowest BCUT2D eigenvalue weighted by atomic mass is 9.81. The molecule has 0 radical (unpaired) electrons. The largest absolute Gasteiger partial charge is 0.376 e. The zero-order chi connectivity index (χ0) is 17.7. The lowest BCUT2D eigenvalue weighted by Crippen LogP contribution is -2.55. The van der Waals surface area contributed by atoms with E-state index in [0.717, 1.165) is 5.92 Å². The molecule has 0 N–H and O–H groups in total. The van der Waals surface area contributed by atoms with Gasteiger partial charge in [0.25, 0.3) is 0 Å². The normalized spacial score (nSPS) is 28.0. The van der Waals surface area contributed by atoms with Gasteiger partial charge in [0, 0.05) is 37.8 Å². The van der Waals surface area contributed by atoms with Crippen molar-refractivity contribution in [2.75, 3.05) is 26.2 Å². The number of hydrogen-bond donors (Lipinski definition) is 0. The molecule has 0 amide bonds. The third-order valence-corrected chi connectivity index (χ3v) is 6.32. The van der Waals surface area contributed by atoms with Crippen LogP contribution in [0.4, 0.5) is 0 Å². The van der Waals surface area contributed by atoms with E-state index in [9.17, 15) is 0 Å². The van der Waals surface area contributed by atoms with Crippen molar-refractivity contribution in [3.8, 4) is 0 Å². The first-order valence-corrected chi connectivity index (χ1v) is 10.4. The van der Waals surface area contributed by atoms with E-state index in [2.05, 4.69) is 51.3 Å². The predicted molar refractivity (Wildman–Crippen MR) is 104 cm³/mol. The van der Waals surface area contributed by atoms with Gasteiger partial charge in [0.2, 0.25) is 0 Å². The lowest BCUT2D eigenvalue weighted by Gasteiger charge is -2.46. The minimum atomic E-state index is 0.356. The first-order chi connectivity index (χ1) is 11.3. The molecule has 0 aromatic rings. The molecule has 2 fully saturated rings. The third-order valence-electron chi connectivity index (χ3n) is 6.32. The summed E-state index contributed by atoms with van der Waals surface area (Å²) in [7, 11) is 0. The molecular formula is C21H42N2O. The van der Waals surface area contributed by atoms with Crippen molar-refractivity contribution in [2.45, 2.75) is 104 Å². The highest BCUT2D eigenvalue weighted by atomic mass is 16.5. The van der Waals surface area contributed by atoms with Crippen LogP contribution in [0.1, 0.15) is 80.1 Å². The first-order valence-electron chi connectivity index (χ1n) is 10.4. The van der Waals surface area contributed by atoms with Crippen molar-refractivity contribution in [2.24, 2.45) is 5.92 Å². The molecule has 1 saturated heterocycles. The zero-order valence-electron chi connectivity index (χ0n) is 17.2. The van der Waals surface area contributed by atoms with Crippen LogP contribution in [0.2, 0.25) is 0 Å². The molecule has 0 aromatic heterocycles. The summed E-state index contributed by atoms with van der Waals surface area (Å²) < 4.78 is 6.00. The van der Waals surface area contributed by atoms with Gasteiger partial charge in [0.05, 0.1) is 12.2 Å². The van der Waals surface area contributed by atoms with E-state index in [0.29, 0.717) is 23.8 Å². The average Bonchev–Trinajstić information content (AvgIpc) is 2.54. The molecule has 2 aliphatic rings. The van der Waals surface area contributed by atoms with Crippen LogP contribution < -0.4 is 0 Å². The molecule has 0 spiro atoms. The van der Waals surface area contributed by atoms with Gasteiger partial charge in [-0.15, -0.1) is 0 Å². The average molecular weight is 339 g/mol. The monoisotopic (exact) mass is 338 g/mol. The second kappa shape index (κ2) is 9.00. The molecule has 0 bridgehead atoms. The van der Waals surface area contributed by atoms with Crippen LogP contribution in [0, 0.1) is 5.92 Å². The number of ether oxygens (including phenoxy) is 1. The van der Waals surface area contributed by atoms with Gasteiger partial charge in [-0.05, 0) is 86.0 Å². The van der Waals surface area contributed by atoms with E-state index in [-0.39, 0.29) is 0 Å². The molecule has 3 nitrogen and oxygen atoms in total. The van der Waals surface area contributed by atoms with E-state index < -0.39 is 0 Å². The second-order valence-electron chi connectivity index (χ2n) is 9.30. The van der Waals surface area contributed by atoms with Crippen LogP contribution >= 0.6 is 0 Å². The molecular weight excluding hydrogens is 296 g/mol. The van der Waals surface area contributed by atoms with Crippen LogP contribution in [0.25, 0.3) is 0 Å². The highest BCUT2D eigenvalue weighted by Gasteiger charge is 2.31. The second-order valence-corrected chi connectivity index (χ2v) is 9.30. The molecule has 1 aliphatic carbocycles. The van der Waals surface area contributed by atoms with Crippen molar-refractivity contribution in [1.82, 2.24) is 9.80 Å². The van der Waals surface area contributed by atoms with Crippen LogP contribution in [0.15, 0.2) is 0 Å². The molecule has 1 saturated carbocycles. The molecule has 142 valence electrons. The molecule has 2 rings (SSSR count). The maximum atomic E-state index is 6.00. The Hall–Kier alpha value is -0.120.